The van der Waals surface area contributed by atoms with Crippen LogP contribution in [0.25, 0.3) is 39.2 Å². The Morgan fingerprint density at radius 3 is 2.37 bits per heavy atom. The summed E-state index contributed by atoms with van der Waals surface area (Å²) in [4.78, 5) is 49.1. The topological polar surface area (TPSA) is 135 Å². The number of hydrogen-bond donors (Lipinski definition) is 2. The number of carbonyl (C=O) groups is 2. The molecule has 250 valence electrons. The van der Waals surface area contributed by atoms with Crippen LogP contribution in [0, 0.1) is 0 Å². The van der Waals surface area contributed by atoms with E-state index in [1.807, 2.05) is 55.6 Å². The third-order valence-corrected chi connectivity index (χ3v) is 9.49. The summed E-state index contributed by atoms with van der Waals surface area (Å²) in [5.41, 5.74) is 10.5. The van der Waals surface area contributed by atoms with E-state index >= 15 is 0 Å². The van der Waals surface area contributed by atoms with Gasteiger partial charge in [0.25, 0.3) is 11.5 Å². The Kier molecular flexibility index (Phi) is 9.42. The maximum atomic E-state index is 13.2. The molecule has 13 heteroatoms. The van der Waals surface area contributed by atoms with E-state index in [1.165, 1.54) is 22.5 Å². The molecule has 6 rings (SSSR count). The number of methoxy groups -OCH3 is 1. The van der Waals surface area contributed by atoms with E-state index in [9.17, 15) is 14.4 Å². The number of nitrogens with one attached hydrogen (secondary N) is 1. The number of likely N-dealkylation sites (N-methyl/N-ethyl adjacent to an activating group) is 1. The molecule has 0 unspecified atom stereocenters. The van der Waals surface area contributed by atoms with E-state index in [4.69, 9.17) is 38.7 Å². The standard InChI is InChI=1S/C36H33Cl2N7O4/c1-20(34(39)47)44(3)28-18-40-30-17-21(15-16-45(30)36(28)48)23-7-5-8-24(32(23)37)25-9-6-10-26(33(25)38)27-12-11-22(35(41-27)49-4)19-43(2)29-13-14-31(46)42-29/h5-12,15-18,29H,1,13-14,19H2,2-4H3,(H2,39,47)(H,42,46)/t29-/m0/s1. The van der Waals surface area contributed by atoms with Crippen LogP contribution in [0.2, 0.25) is 10.0 Å². The van der Waals surface area contributed by atoms with Gasteiger partial charge in [0.05, 0.1) is 40.9 Å². The number of aromatic nitrogens is 3. The van der Waals surface area contributed by atoms with Crippen LogP contribution < -0.4 is 26.2 Å². The van der Waals surface area contributed by atoms with Gasteiger partial charge in [0.2, 0.25) is 11.8 Å². The number of nitrogens with two attached hydrogens (primary N) is 1. The van der Waals surface area contributed by atoms with Gasteiger partial charge in [-0.15, -0.1) is 0 Å². The van der Waals surface area contributed by atoms with E-state index in [1.54, 1.807) is 25.4 Å². The van der Waals surface area contributed by atoms with Gasteiger partial charge in [-0.1, -0.05) is 72.2 Å². The highest BCUT2D eigenvalue weighted by Gasteiger charge is 2.25. The zero-order valence-electron chi connectivity index (χ0n) is 27.0. The average Bonchev–Trinajstić information content (AvgIpc) is 3.54. The first-order valence-corrected chi connectivity index (χ1v) is 16.1. The molecule has 2 aromatic carbocycles. The fourth-order valence-corrected chi connectivity index (χ4v) is 6.56. The first kappa shape index (κ1) is 33.7. The third-order valence-electron chi connectivity index (χ3n) is 8.67. The van der Waals surface area contributed by atoms with Crippen LogP contribution in [-0.4, -0.2) is 58.5 Å². The summed E-state index contributed by atoms with van der Waals surface area (Å²) in [6, 6.07) is 18.7. The van der Waals surface area contributed by atoms with Crippen molar-refractivity contribution in [3.05, 3.63) is 111 Å². The molecule has 1 fully saturated rings. The number of benzene rings is 2. The van der Waals surface area contributed by atoms with Gasteiger partial charge in [-0.2, -0.15) is 0 Å². The van der Waals surface area contributed by atoms with Crippen molar-refractivity contribution in [3.8, 4) is 39.4 Å². The zero-order valence-corrected chi connectivity index (χ0v) is 28.5. The highest BCUT2D eigenvalue weighted by Crippen LogP contribution is 2.42. The molecule has 0 saturated carbocycles. The predicted octanol–water partition coefficient (Wildman–Crippen LogP) is 5.51. The number of hydrogen-bond acceptors (Lipinski definition) is 8. The highest BCUT2D eigenvalue weighted by atomic mass is 35.5. The lowest BCUT2D eigenvalue weighted by Crippen LogP contribution is -2.40. The zero-order chi connectivity index (χ0) is 35.0. The molecular weight excluding hydrogens is 665 g/mol. The fourth-order valence-electron chi connectivity index (χ4n) is 5.90. The van der Waals surface area contributed by atoms with Gasteiger partial charge in [0, 0.05) is 54.0 Å². The molecule has 1 saturated heterocycles. The number of anilines is 1. The van der Waals surface area contributed by atoms with Gasteiger partial charge >= 0.3 is 0 Å². The van der Waals surface area contributed by atoms with Crippen LogP contribution in [0.5, 0.6) is 5.88 Å². The second-order valence-corrected chi connectivity index (χ2v) is 12.5. The summed E-state index contributed by atoms with van der Waals surface area (Å²) in [6.07, 6.45) is 4.21. The summed E-state index contributed by atoms with van der Waals surface area (Å²) in [5, 5.41) is 3.91. The lowest BCUT2D eigenvalue weighted by molar-refractivity contribution is -0.119. The van der Waals surface area contributed by atoms with Gasteiger partial charge in [-0.05, 0) is 37.2 Å². The first-order chi connectivity index (χ1) is 23.5. The van der Waals surface area contributed by atoms with Crippen LogP contribution in [0.3, 0.4) is 0 Å². The Hall–Kier alpha value is -5.23. The maximum absolute atomic E-state index is 13.2. The van der Waals surface area contributed by atoms with E-state index in [0.717, 1.165) is 17.5 Å². The number of nitrogens with zero attached hydrogens (tertiary/aromatic N) is 5. The molecule has 0 aliphatic carbocycles. The summed E-state index contributed by atoms with van der Waals surface area (Å²) in [6.45, 7) is 4.18. The van der Waals surface area contributed by atoms with Crippen LogP contribution in [-0.2, 0) is 16.1 Å². The van der Waals surface area contributed by atoms with Crippen molar-refractivity contribution in [2.45, 2.75) is 25.6 Å². The molecule has 1 aliphatic rings. The van der Waals surface area contributed by atoms with Crippen molar-refractivity contribution in [1.82, 2.24) is 24.6 Å². The Labute approximate surface area is 292 Å². The monoisotopic (exact) mass is 697 g/mol. The molecule has 0 bridgehead atoms. The number of halogens is 2. The molecule has 4 heterocycles. The molecule has 0 radical (unpaired) electrons. The molecule has 11 nitrogen and oxygen atoms in total. The molecule has 49 heavy (non-hydrogen) atoms. The first-order valence-electron chi connectivity index (χ1n) is 15.3. The quantitative estimate of drug-likeness (QED) is 0.183. The predicted molar refractivity (Wildman–Crippen MR) is 192 cm³/mol. The summed E-state index contributed by atoms with van der Waals surface area (Å²) < 4.78 is 7.04. The molecular formula is C36H33Cl2N7O4. The second-order valence-electron chi connectivity index (χ2n) is 11.7. The fraction of sp³-hybridized carbons (Fsp3) is 0.194. The third kappa shape index (κ3) is 6.48. The summed E-state index contributed by atoms with van der Waals surface area (Å²) in [5.74, 6) is -0.222. The van der Waals surface area contributed by atoms with E-state index in [0.29, 0.717) is 62.5 Å². The smallest absolute Gasteiger partial charge is 0.281 e. The minimum Gasteiger partial charge on any atom is -0.481 e. The summed E-state index contributed by atoms with van der Waals surface area (Å²) >= 11 is 14.1. The Morgan fingerprint density at radius 2 is 1.71 bits per heavy atom. The van der Waals surface area contributed by atoms with Crippen molar-refractivity contribution in [1.29, 1.82) is 0 Å². The minimum absolute atomic E-state index is 0.0338. The van der Waals surface area contributed by atoms with Crippen molar-refractivity contribution < 1.29 is 14.3 Å². The highest BCUT2D eigenvalue weighted by molar-refractivity contribution is 6.39. The average molecular weight is 699 g/mol. The Bertz CT molecular complexity index is 2200. The van der Waals surface area contributed by atoms with Gasteiger partial charge in [-0.3, -0.25) is 23.7 Å². The van der Waals surface area contributed by atoms with Crippen LogP contribution in [0.1, 0.15) is 18.4 Å². The molecule has 3 N–H and O–H groups in total. The van der Waals surface area contributed by atoms with Crippen molar-refractivity contribution in [3.63, 3.8) is 0 Å². The van der Waals surface area contributed by atoms with E-state index in [2.05, 4.69) is 21.8 Å². The van der Waals surface area contributed by atoms with Gasteiger partial charge in [0.1, 0.15) is 11.3 Å². The molecule has 3 aromatic heterocycles. The molecule has 1 aliphatic heterocycles. The summed E-state index contributed by atoms with van der Waals surface area (Å²) in [7, 11) is 5.06. The normalized spacial score (nSPS) is 14.2. The molecule has 5 aromatic rings. The van der Waals surface area contributed by atoms with Gasteiger partial charge in [-0.25, -0.2) is 9.97 Å². The van der Waals surface area contributed by atoms with Crippen molar-refractivity contribution in [2.75, 3.05) is 26.1 Å². The maximum Gasteiger partial charge on any atom is 0.281 e. The molecule has 1 atom stereocenters. The van der Waals surface area contributed by atoms with Crippen LogP contribution >= 0.6 is 23.2 Å². The van der Waals surface area contributed by atoms with Crippen LogP contribution in [0.4, 0.5) is 5.69 Å². The van der Waals surface area contributed by atoms with E-state index < -0.39 is 11.5 Å². The van der Waals surface area contributed by atoms with Crippen LogP contribution in [0.15, 0.2) is 90.1 Å². The Morgan fingerprint density at radius 1 is 1.04 bits per heavy atom. The number of pyridine rings is 2. The Balaban J connectivity index is 1.32. The SMILES string of the molecule is C=C(C(N)=O)N(C)c1cnc2cc(-c3cccc(-c4cccc(-c5ccc(CN(C)[C@H]6CCC(=O)N6)c(OC)n5)c4Cl)c3Cl)ccn2c1=O. The van der Waals surface area contributed by atoms with E-state index in [-0.39, 0.29) is 23.5 Å². The number of fused-ring (bicyclic) bond motifs is 1. The lowest BCUT2D eigenvalue weighted by atomic mass is 9.97. The number of ether oxygens (including phenoxy) is 1. The van der Waals surface area contributed by atoms with Crippen molar-refractivity contribution >= 4 is 46.4 Å². The molecule has 0 spiro atoms. The number of rotatable bonds is 10. The minimum atomic E-state index is -0.743. The number of primary amides is 1. The lowest BCUT2D eigenvalue weighted by Gasteiger charge is -2.24. The second kappa shape index (κ2) is 13.7. The van der Waals surface area contributed by atoms with Gasteiger partial charge < -0.3 is 20.7 Å². The van der Waals surface area contributed by atoms with Gasteiger partial charge in [0.15, 0.2) is 0 Å². The number of carbonyl (C=O) groups excluding carboxylic acids is 2. The van der Waals surface area contributed by atoms with Crippen molar-refractivity contribution in [2.24, 2.45) is 5.73 Å². The number of amides is 2. The largest absolute Gasteiger partial charge is 0.481 e. The molecule has 2 amide bonds.